The molecule has 1 unspecified atom stereocenters. The van der Waals surface area contributed by atoms with Crippen molar-refractivity contribution in [2.24, 2.45) is 0 Å². The van der Waals surface area contributed by atoms with Crippen molar-refractivity contribution in [1.82, 2.24) is 14.9 Å². The van der Waals surface area contributed by atoms with Crippen molar-refractivity contribution in [1.29, 1.82) is 0 Å². The molecule has 110 valence electrons. The van der Waals surface area contributed by atoms with Gasteiger partial charge in [0.25, 0.3) is 0 Å². The van der Waals surface area contributed by atoms with Crippen LogP contribution in [0.1, 0.15) is 38.8 Å². The highest BCUT2D eigenvalue weighted by Gasteiger charge is 2.31. The van der Waals surface area contributed by atoms with Crippen molar-refractivity contribution in [2.75, 3.05) is 20.2 Å². The predicted molar refractivity (Wildman–Crippen MR) is 73.7 cm³/mol. The lowest BCUT2D eigenvalue weighted by Crippen LogP contribution is -2.35. The van der Waals surface area contributed by atoms with Crippen molar-refractivity contribution in [3.05, 3.63) is 18.1 Å². The van der Waals surface area contributed by atoms with E-state index < -0.39 is 5.60 Å². The number of ether oxygens (including phenoxy) is 2. The molecule has 1 saturated heterocycles. The van der Waals surface area contributed by atoms with Crippen molar-refractivity contribution in [2.45, 2.75) is 38.7 Å². The van der Waals surface area contributed by atoms with Crippen LogP contribution in [-0.2, 0) is 4.74 Å². The van der Waals surface area contributed by atoms with Gasteiger partial charge in [-0.15, -0.1) is 0 Å². The van der Waals surface area contributed by atoms with Crippen LogP contribution in [0.5, 0.6) is 5.88 Å². The third kappa shape index (κ3) is 3.59. The fraction of sp³-hybridized carbons (Fsp3) is 0.643. The molecule has 1 aromatic rings. The van der Waals surface area contributed by atoms with E-state index >= 15 is 0 Å². The molecule has 6 heteroatoms. The molecule has 1 aliphatic rings. The van der Waals surface area contributed by atoms with Crippen LogP contribution in [0.4, 0.5) is 4.79 Å². The van der Waals surface area contributed by atoms with Crippen LogP contribution >= 0.6 is 0 Å². The number of hydrogen-bond acceptors (Lipinski definition) is 5. The number of aromatic nitrogens is 2. The van der Waals surface area contributed by atoms with Gasteiger partial charge in [-0.2, -0.15) is 0 Å². The fourth-order valence-corrected chi connectivity index (χ4v) is 2.15. The zero-order chi connectivity index (χ0) is 14.8. The second-order valence-corrected chi connectivity index (χ2v) is 5.90. The average molecular weight is 279 g/mol. The van der Waals surface area contributed by atoms with E-state index in [2.05, 4.69) is 9.97 Å². The Balaban J connectivity index is 1.99. The second-order valence-electron chi connectivity index (χ2n) is 5.90. The summed E-state index contributed by atoms with van der Waals surface area (Å²) in [7, 11) is 1.56. The Morgan fingerprint density at radius 3 is 2.80 bits per heavy atom. The zero-order valence-electron chi connectivity index (χ0n) is 12.4. The van der Waals surface area contributed by atoms with Crippen molar-refractivity contribution >= 4 is 6.09 Å². The van der Waals surface area contributed by atoms with Gasteiger partial charge in [0.2, 0.25) is 5.88 Å². The summed E-state index contributed by atoms with van der Waals surface area (Å²) in [5.41, 5.74) is 0.390. The molecule has 0 bridgehead atoms. The summed E-state index contributed by atoms with van der Waals surface area (Å²) in [6.45, 7) is 6.89. The number of hydrogen-bond donors (Lipinski definition) is 0. The van der Waals surface area contributed by atoms with Crippen LogP contribution in [0.2, 0.25) is 0 Å². The highest BCUT2D eigenvalue weighted by atomic mass is 16.6. The Bertz CT molecular complexity index is 485. The monoisotopic (exact) mass is 279 g/mol. The minimum atomic E-state index is -0.467. The third-order valence-electron chi connectivity index (χ3n) is 3.10. The molecule has 2 rings (SSSR count). The number of rotatable bonds is 2. The van der Waals surface area contributed by atoms with Gasteiger partial charge in [-0.05, 0) is 27.2 Å². The maximum Gasteiger partial charge on any atom is 0.410 e. The summed E-state index contributed by atoms with van der Waals surface area (Å²) in [4.78, 5) is 22.2. The Morgan fingerprint density at radius 1 is 1.40 bits per heavy atom. The van der Waals surface area contributed by atoms with Gasteiger partial charge in [0.15, 0.2) is 0 Å². The molecule has 1 fully saturated rings. The van der Waals surface area contributed by atoms with Crippen LogP contribution in [0, 0.1) is 0 Å². The van der Waals surface area contributed by atoms with Crippen molar-refractivity contribution in [3.63, 3.8) is 0 Å². The Kier molecular flexibility index (Phi) is 4.11. The first kappa shape index (κ1) is 14.6. The fourth-order valence-electron chi connectivity index (χ4n) is 2.15. The summed E-state index contributed by atoms with van der Waals surface area (Å²) in [5, 5.41) is 0. The largest absolute Gasteiger partial charge is 0.480 e. The molecular formula is C14H21N3O3. The minimum Gasteiger partial charge on any atom is -0.480 e. The van der Waals surface area contributed by atoms with E-state index in [0.717, 1.165) is 12.1 Å². The van der Waals surface area contributed by atoms with Gasteiger partial charge < -0.3 is 14.4 Å². The van der Waals surface area contributed by atoms with E-state index in [0.29, 0.717) is 19.0 Å². The topological polar surface area (TPSA) is 64.5 Å². The molecule has 1 aliphatic heterocycles. The SMILES string of the molecule is COc1cncc(C2CCN(C(=O)OC(C)(C)C)C2)n1. The standard InChI is InChI=1S/C14H21N3O3/c1-14(2,3)20-13(18)17-6-5-10(9-17)11-7-15-8-12(16-11)19-4/h7-8,10H,5-6,9H2,1-4H3. The quantitative estimate of drug-likeness (QED) is 0.830. The number of carbonyl (C=O) groups is 1. The predicted octanol–water partition coefficient (Wildman–Crippen LogP) is 2.21. The minimum absolute atomic E-state index is 0.185. The van der Waals surface area contributed by atoms with E-state index in [1.807, 2.05) is 20.8 Å². The number of nitrogens with zero attached hydrogens (tertiary/aromatic N) is 3. The van der Waals surface area contributed by atoms with Crippen LogP contribution in [0.15, 0.2) is 12.4 Å². The number of amides is 1. The molecule has 0 aromatic carbocycles. The molecule has 0 radical (unpaired) electrons. The molecule has 0 N–H and O–H groups in total. The number of carbonyl (C=O) groups excluding carboxylic acids is 1. The van der Waals surface area contributed by atoms with E-state index in [-0.39, 0.29) is 12.0 Å². The van der Waals surface area contributed by atoms with Gasteiger partial charge >= 0.3 is 6.09 Å². The summed E-state index contributed by atoms with van der Waals surface area (Å²) in [6.07, 6.45) is 3.90. The highest BCUT2D eigenvalue weighted by Crippen LogP contribution is 2.27. The molecule has 2 heterocycles. The first-order valence-electron chi connectivity index (χ1n) is 6.73. The molecular weight excluding hydrogens is 258 g/mol. The van der Waals surface area contributed by atoms with E-state index in [4.69, 9.17) is 9.47 Å². The number of likely N-dealkylation sites (tertiary alicyclic amines) is 1. The summed E-state index contributed by atoms with van der Waals surface area (Å²) >= 11 is 0. The van der Waals surface area contributed by atoms with Crippen LogP contribution < -0.4 is 4.74 Å². The lowest BCUT2D eigenvalue weighted by atomic mass is 10.1. The Hall–Kier alpha value is -1.85. The molecule has 6 nitrogen and oxygen atoms in total. The van der Waals surface area contributed by atoms with Gasteiger partial charge in [0.05, 0.1) is 19.0 Å². The van der Waals surface area contributed by atoms with Gasteiger partial charge in [-0.1, -0.05) is 0 Å². The van der Waals surface area contributed by atoms with Crippen molar-refractivity contribution in [3.8, 4) is 5.88 Å². The maximum absolute atomic E-state index is 12.0. The summed E-state index contributed by atoms with van der Waals surface area (Å²) in [5.74, 6) is 0.684. The summed E-state index contributed by atoms with van der Waals surface area (Å²) < 4.78 is 10.5. The van der Waals surface area contributed by atoms with Gasteiger partial charge in [-0.3, -0.25) is 4.98 Å². The smallest absolute Gasteiger partial charge is 0.410 e. The lowest BCUT2D eigenvalue weighted by molar-refractivity contribution is 0.0292. The summed E-state index contributed by atoms with van der Waals surface area (Å²) in [6, 6.07) is 0. The average Bonchev–Trinajstić information content (AvgIpc) is 2.86. The first-order chi connectivity index (χ1) is 9.39. The molecule has 0 aliphatic carbocycles. The zero-order valence-corrected chi connectivity index (χ0v) is 12.4. The Labute approximate surface area is 119 Å². The lowest BCUT2D eigenvalue weighted by Gasteiger charge is -2.24. The van der Waals surface area contributed by atoms with Gasteiger partial charge in [0.1, 0.15) is 5.60 Å². The van der Waals surface area contributed by atoms with Crippen LogP contribution in [-0.4, -0.2) is 46.8 Å². The van der Waals surface area contributed by atoms with E-state index in [1.165, 1.54) is 0 Å². The normalized spacial score (nSPS) is 19.0. The Morgan fingerprint density at radius 2 is 2.15 bits per heavy atom. The van der Waals surface area contributed by atoms with E-state index in [9.17, 15) is 4.79 Å². The van der Waals surface area contributed by atoms with E-state index in [1.54, 1.807) is 24.4 Å². The maximum atomic E-state index is 12.0. The molecule has 20 heavy (non-hydrogen) atoms. The molecule has 1 aromatic heterocycles. The number of methoxy groups -OCH3 is 1. The van der Waals surface area contributed by atoms with Crippen LogP contribution in [0.25, 0.3) is 0 Å². The van der Waals surface area contributed by atoms with Crippen LogP contribution in [0.3, 0.4) is 0 Å². The van der Waals surface area contributed by atoms with Crippen molar-refractivity contribution < 1.29 is 14.3 Å². The van der Waals surface area contributed by atoms with Gasteiger partial charge in [0, 0.05) is 25.2 Å². The molecule has 1 atom stereocenters. The molecule has 0 saturated carbocycles. The highest BCUT2D eigenvalue weighted by molar-refractivity contribution is 5.68. The molecule has 1 amide bonds. The second kappa shape index (κ2) is 5.64. The first-order valence-corrected chi connectivity index (χ1v) is 6.73. The van der Waals surface area contributed by atoms with Gasteiger partial charge in [-0.25, -0.2) is 9.78 Å². The molecule has 0 spiro atoms. The third-order valence-corrected chi connectivity index (χ3v) is 3.10.